The highest BCUT2D eigenvalue weighted by molar-refractivity contribution is 7.89. The molecule has 0 bridgehead atoms. The summed E-state index contributed by atoms with van der Waals surface area (Å²) in [5.74, 6) is -0.341. The van der Waals surface area contributed by atoms with Gasteiger partial charge in [-0.2, -0.15) is 4.31 Å². The first kappa shape index (κ1) is 19.1. The van der Waals surface area contributed by atoms with Gasteiger partial charge < -0.3 is 5.32 Å². The van der Waals surface area contributed by atoms with Crippen molar-refractivity contribution in [2.24, 2.45) is 0 Å². The van der Waals surface area contributed by atoms with Crippen molar-refractivity contribution in [1.29, 1.82) is 0 Å². The van der Waals surface area contributed by atoms with E-state index in [1.165, 1.54) is 7.05 Å². The first-order valence-corrected chi connectivity index (χ1v) is 9.53. The van der Waals surface area contributed by atoms with Crippen molar-refractivity contribution in [3.05, 3.63) is 65.2 Å². The fourth-order valence-electron chi connectivity index (χ4n) is 2.45. The summed E-state index contributed by atoms with van der Waals surface area (Å²) in [5.41, 5.74) is 2.89. The van der Waals surface area contributed by atoms with E-state index in [1.54, 1.807) is 18.2 Å². The van der Waals surface area contributed by atoms with Crippen molar-refractivity contribution in [3.63, 3.8) is 0 Å². The number of carbonyl (C=O) groups is 1. The summed E-state index contributed by atoms with van der Waals surface area (Å²) in [4.78, 5) is 12.4. The molecular weight excluding hydrogens is 336 g/mol. The predicted molar refractivity (Wildman–Crippen MR) is 98.7 cm³/mol. The zero-order valence-corrected chi connectivity index (χ0v) is 15.8. The molecule has 2 aromatic carbocycles. The molecular formula is C19H24N2O3S. The summed E-state index contributed by atoms with van der Waals surface area (Å²) in [5, 5.41) is 2.83. The van der Waals surface area contributed by atoms with Gasteiger partial charge in [0.15, 0.2) is 0 Å². The molecule has 0 spiro atoms. The summed E-state index contributed by atoms with van der Waals surface area (Å²) < 4.78 is 26.3. The Morgan fingerprint density at radius 1 is 1.08 bits per heavy atom. The van der Waals surface area contributed by atoms with Gasteiger partial charge in [-0.3, -0.25) is 4.79 Å². The van der Waals surface area contributed by atoms with Gasteiger partial charge in [0.25, 0.3) is 0 Å². The number of benzene rings is 2. The third kappa shape index (κ3) is 4.67. The third-order valence-corrected chi connectivity index (χ3v) is 6.03. The molecule has 1 unspecified atom stereocenters. The number of sulfonamides is 1. The van der Waals surface area contributed by atoms with E-state index in [1.807, 2.05) is 51.1 Å². The third-order valence-electron chi connectivity index (χ3n) is 4.23. The minimum atomic E-state index is -3.70. The molecule has 0 aliphatic heterocycles. The van der Waals surface area contributed by atoms with Crippen LogP contribution in [-0.4, -0.2) is 32.2 Å². The number of rotatable bonds is 6. The molecule has 1 atom stereocenters. The van der Waals surface area contributed by atoms with Crippen LogP contribution in [0.1, 0.15) is 29.7 Å². The maximum atomic E-state index is 12.6. The van der Waals surface area contributed by atoms with Gasteiger partial charge in [-0.15, -0.1) is 0 Å². The molecule has 2 rings (SSSR count). The molecule has 0 saturated carbocycles. The van der Waals surface area contributed by atoms with E-state index in [2.05, 4.69) is 5.32 Å². The van der Waals surface area contributed by atoms with Gasteiger partial charge in [0.2, 0.25) is 15.9 Å². The van der Waals surface area contributed by atoms with Crippen LogP contribution < -0.4 is 5.32 Å². The number of nitrogens with zero attached hydrogens (tertiary/aromatic N) is 1. The van der Waals surface area contributed by atoms with Crippen molar-refractivity contribution in [2.45, 2.75) is 31.7 Å². The van der Waals surface area contributed by atoms with Gasteiger partial charge in [0.1, 0.15) is 0 Å². The van der Waals surface area contributed by atoms with E-state index < -0.39 is 10.0 Å². The summed E-state index contributed by atoms with van der Waals surface area (Å²) in [6.45, 7) is 5.42. The lowest BCUT2D eigenvalue weighted by Crippen LogP contribution is -2.39. The summed E-state index contributed by atoms with van der Waals surface area (Å²) in [6, 6.07) is 14.3. The number of amides is 1. The number of aryl methyl sites for hydroxylation is 2. The standard InChI is InChI=1S/C19H24N2O3S/c1-14-10-11-18(12-15(14)2)25(23,24)21(4)13-19(22)20-16(3)17-8-6-5-7-9-17/h5-12,16H,13H2,1-4H3,(H,20,22). The molecule has 0 saturated heterocycles. The summed E-state index contributed by atoms with van der Waals surface area (Å²) in [7, 11) is -2.29. The minimum absolute atomic E-state index is 0.188. The molecule has 5 nitrogen and oxygen atoms in total. The molecule has 0 aliphatic carbocycles. The van der Waals surface area contributed by atoms with Crippen LogP contribution in [0.15, 0.2) is 53.4 Å². The Bertz CT molecular complexity index is 848. The first-order chi connectivity index (χ1) is 11.7. The Morgan fingerprint density at radius 2 is 1.72 bits per heavy atom. The summed E-state index contributed by atoms with van der Waals surface area (Å²) in [6.07, 6.45) is 0. The van der Waals surface area contributed by atoms with E-state index in [4.69, 9.17) is 0 Å². The minimum Gasteiger partial charge on any atom is -0.348 e. The van der Waals surface area contributed by atoms with Gasteiger partial charge in [-0.25, -0.2) is 8.42 Å². The maximum Gasteiger partial charge on any atom is 0.243 e. The maximum absolute atomic E-state index is 12.6. The average molecular weight is 360 g/mol. The Balaban J connectivity index is 2.06. The van der Waals surface area contributed by atoms with Crippen molar-refractivity contribution in [3.8, 4) is 0 Å². The van der Waals surface area contributed by atoms with E-state index in [-0.39, 0.29) is 23.4 Å². The van der Waals surface area contributed by atoms with Crippen molar-refractivity contribution < 1.29 is 13.2 Å². The topological polar surface area (TPSA) is 66.5 Å². The summed E-state index contributed by atoms with van der Waals surface area (Å²) >= 11 is 0. The molecule has 0 heterocycles. The molecule has 0 aliphatic rings. The zero-order valence-electron chi connectivity index (χ0n) is 15.0. The molecule has 134 valence electrons. The van der Waals surface area contributed by atoms with Crippen LogP contribution >= 0.6 is 0 Å². The Morgan fingerprint density at radius 3 is 2.32 bits per heavy atom. The number of hydrogen-bond donors (Lipinski definition) is 1. The van der Waals surface area contributed by atoms with E-state index in [0.29, 0.717) is 0 Å². The van der Waals surface area contributed by atoms with E-state index in [0.717, 1.165) is 21.0 Å². The van der Waals surface area contributed by atoms with Crippen LogP contribution in [0.2, 0.25) is 0 Å². The van der Waals surface area contributed by atoms with Gasteiger partial charge in [0, 0.05) is 7.05 Å². The number of likely N-dealkylation sites (N-methyl/N-ethyl adjacent to an activating group) is 1. The van der Waals surface area contributed by atoms with Gasteiger partial charge >= 0.3 is 0 Å². The Kier molecular flexibility index (Phi) is 5.98. The molecule has 6 heteroatoms. The first-order valence-electron chi connectivity index (χ1n) is 8.09. The second kappa shape index (κ2) is 7.80. The van der Waals surface area contributed by atoms with Gasteiger partial charge in [0.05, 0.1) is 17.5 Å². The molecule has 1 amide bonds. The fraction of sp³-hybridized carbons (Fsp3) is 0.316. The molecule has 0 fully saturated rings. The highest BCUT2D eigenvalue weighted by Crippen LogP contribution is 2.18. The highest BCUT2D eigenvalue weighted by Gasteiger charge is 2.23. The molecule has 0 radical (unpaired) electrons. The normalized spacial score (nSPS) is 12.8. The van der Waals surface area contributed by atoms with Crippen LogP contribution in [0.3, 0.4) is 0 Å². The number of carbonyl (C=O) groups excluding carboxylic acids is 1. The van der Waals surface area contributed by atoms with Crippen LogP contribution in [0, 0.1) is 13.8 Å². The van der Waals surface area contributed by atoms with Gasteiger partial charge in [-0.1, -0.05) is 36.4 Å². The van der Waals surface area contributed by atoms with Crippen LogP contribution in [0.4, 0.5) is 0 Å². The van der Waals surface area contributed by atoms with Crippen molar-refractivity contribution in [2.75, 3.05) is 13.6 Å². The van der Waals surface area contributed by atoms with E-state index >= 15 is 0 Å². The zero-order chi connectivity index (χ0) is 18.6. The average Bonchev–Trinajstić information content (AvgIpc) is 2.57. The lowest BCUT2D eigenvalue weighted by molar-refractivity contribution is -0.121. The van der Waals surface area contributed by atoms with Crippen molar-refractivity contribution >= 4 is 15.9 Å². The number of nitrogens with one attached hydrogen (secondary N) is 1. The lowest BCUT2D eigenvalue weighted by atomic mass is 10.1. The molecule has 25 heavy (non-hydrogen) atoms. The van der Waals surface area contributed by atoms with Crippen LogP contribution in [-0.2, 0) is 14.8 Å². The second-order valence-electron chi connectivity index (χ2n) is 6.21. The molecule has 1 N–H and O–H groups in total. The fourth-order valence-corrected chi connectivity index (χ4v) is 3.67. The monoisotopic (exact) mass is 360 g/mol. The van der Waals surface area contributed by atoms with E-state index in [9.17, 15) is 13.2 Å². The largest absolute Gasteiger partial charge is 0.348 e. The van der Waals surface area contributed by atoms with Gasteiger partial charge in [-0.05, 0) is 49.6 Å². The smallest absolute Gasteiger partial charge is 0.243 e. The number of hydrogen-bond acceptors (Lipinski definition) is 3. The molecule has 2 aromatic rings. The Hall–Kier alpha value is -2.18. The van der Waals surface area contributed by atoms with Crippen LogP contribution in [0.25, 0.3) is 0 Å². The highest BCUT2D eigenvalue weighted by atomic mass is 32.2. The SMILES string of the molecule is Cc1ccc(S(=O)(=O)N(C)CC(=O)NC(C)c2ccccc2)cc1C. The Labute approximate surface area is 149 Å². The predicted octanol–water partition coefficient (Wildman–Crippen LogP) is 2.80. The second-order valence-corrected chi connectivity index (χ2v) is 8.25. The van der Waals surface area contributed by atoms with Crippen molar-refractivity contribution in [1.82, 2.24) is 9.62 Å². The van der Waals surface area contributed by atoms with Crippen LogP contribution in [0.5, 0.6) is 0 Å². The molecule has 0 aromatic heterocycles. The quantitative estimate of drug-likeness (QED) is 0.861. The lowest BCUT2D eigenvalue weighted by Gasteiger charge is -2.20.